The van der Waals surface area contributed by atoms with E-state index in [-0.39, 0.29) is 17.9 Å². The summed E-state index contributed by atoms with van der Waals surface area (Å²) in [6.07, 6.45) is 3.92. The number of thioether (sulfide) groups is 1. The van der Waals surface area contributed by atoms with Gasteiger partial charge in [-0.05, 0) is 25.5 Å². The fourth-order valence-electron chi connectivity index (χ4n) is 2.96. The summed E-state index contributed by atoms with van der Waals surface area (Å²) < 4.78 is 0. The lowest BCUT2D eigenvalue weighted by Crippen LogP contribution is -2.49. The Balaban J connectivity index is 2.10. The predicted octanol–water partition coefficient (Wildman–Crippen LogP) is 1.40. The molecule has 0 bridgehead atoms. The van der Waals surface area contributed by atoms with Crippen molar-refractivity contribution in [3.8, 4) is 0 Å². The predicted molar refractivity (Wildman–Crippen MR) is 73.5 cm³/mol. The van der Waals surface area contributed by atoms with Crippen LogP contribution in [-0.4, -0.2) is 46.3 Å². The summed E-state index contributed by atoms with van der Waals surface area (Å²) in [5.74, 6) is 1.18. The molecule has 2 aliphatic rings. The largest absolute Gasteiger partial charge is 0.345 e. The molecule has 1 aliphatic carbocycles. The molecule has 18 heavy (non-hydrogen) atoms. The first kappa shape index (κ1) is 13.7. The first-order valence-corrected chi connectivity index (χ1v) is 7.89. The fraction of sp³-hybridized carbons (Fsp3) is 0.846. The lowest BCUT2D eigenvalue weighted by atomic mass is 10.1. The van der Waals surface area contributed by atoms with Crippen LogP contribution >= 0.6 is 11.8 Å². The Morgan fingerprint density at radius 3 is 2.89 bits per heavy atom. The molecule has 2 amide bonds. The second-order valence-corrected chi connectivity index (χ2v) is 6.58. The van der Waals surface area contributed by atoms with Gasteiger partial charge in [0.15, 0.2) is 0 Å². The van der Waals surface area contributed by atoms with Gasteiger partial charge in [0, 0.05) is 24.3 Å². The molecule has 5 heteroatoms. The SMILES string of the molecule is CCSC1CCCC1N1CCC(=O)NC(C)C1=O. The molecule has 1 saturated carbocycles. The standard InChI is InChI=1S/C13H22N2O2S/c1-3-18-11-6-4-5-10(11)15-8-7-12(16)14-9(2)13(15)17/h9-11H,3-8H2,1-2H3,(H,14,16). The molecule has 0 spiro atoms. The van der Waals surface area contributed by atoms with E-state index >= 15 is 0 Å². The van der Waals surface area contributed by atoms with Gasteiger partial charge in [-0.25, -0.2) is 0 Å². The smallest absolute Gasteiger partial charge is 0.245 e. The Kier molecular flexibility index (Phi) is 4.54. The topological polar surface area (TPSA) is 49.4 Å². The van der Waals surface area contributed by atoms with Crippen LogP contribution in [0.4, 0.5) is 0 Å². The summed E-state index contributed by atoms with van der Waals surface area (Å²) in [5.41, 5.74) is 0. The molecule has 3 atom stereocenters. The average Bonchev–Trinajstić information content (AvgIpc) is 2.73. The summed E-state index contributed by atoms with van der Waals surface area (Å²) in [5, 5.41) is 3.31. The van der Waals surface area contributed by atoms with E-state index in [0.29, 0.717) is 24.3 Å². The minimum absolute atomic E-state index is 0.00367. The zero-order chi connectivity index (χ0) is 13.1. The third-order valence-electron chi connectivity index (χ3n) is 3.81. The molecule has 102 valence electrons. The Hall–Kier alpha value is -0.710. The van der Waals surface area contributed by atoms with Gasteiger partial charge in [0.1, 0.15) is 6.04 Å². The Labute approximate surface area is 113 Å². The third-order valence-corrected chi connectivity index (χ3v) is 5.12. The molecular weight excluding hydrogens is 248 g/mol. The monoisotopic (exact) mass is 270 g/mol. The maximum absolute atomic E-state index is 12.3. The van der Waals surface area contributed by atoms with Crippen LogP contribution in [-0.2, 0) is 9.59 Å². The molecule has 0 radical (unpaired) electrons. The van der Waals surface area contributed by atoms with E-state index in [4.69, 9.17) is 0 Å². The second kappa shape index (κ2) is 5.95. The zero-order valence-corrected chi connectivity index (χ0v) is 12.0. The van der Waals surface area contributed by atoms with Gasteiger partial charge in [0.2, 0.25) is 11.8 Å². The summed E-state index contributed by atoms with van der Waals surface area (Å²) in [6, 6.07) is -0.0366. The van der Waals surface area contributed by atoms with Crippen molar-refractivity contribution in [2.45, 2.75) is 56.9 Å². The maximum Gasteiger partial charge on any atom is 0.245 e. The van der Waals surface area contributed by atoms with E-state index in [1.54, 1.807) is 6.92 Å². The van der Waals surface area contributed by atoms with E-state index in [1.807, 2.05) is 16.7 Å². The van der Waals surface area contributed by atoms with Crippen LogP contribution in [0.25, 0.3) is 0 Å². The molecule has 0 aromatic carbocycles. The molecule has 4 nitrogen and oxygen atoms in total. The van der Waals surface area contributed by atoms with Crippen LogP contribution in [0.15, 0.2) is 0 Å². The van der Waals surface area contributed by atoms with E-state index in [1.165, 1.54) is 12.8 Å². The quantitative estimate of drug-likeness (QED) is 0.843. The van der Waals surface area contributed by atoms with Crippen LogP contribution < -0.4 is 5.32 Å². The minimum Gasteiger partial charge on any atom is -0.345 e. The van der Waals surface area contributed by atoms with Gasteiger partial charge in [-0.2, -0.15) is 11.8 Å². The molecule has 0 aromatic heterocycles. The number of hydrogen-bond donors (Lipinski definition) is 1. The number of nitrogens with zero attached hydrogens (tertiary/aromatic N) is 1. The number of hydrogen-bond acceptors (Lipinski definition) is 3. The number of carbonyl (C=O) groups excluding carboxylic acids is 2. The number of nitrogens with one attached hydrogen (secondary N) is 1. The highest BCUT2D eigenvalue weighted by Gasteiger charge is 2.37. The Bertz CT molecular complexity index is 335. The molecule has 1 N–H and O–H groups in total. The lowest BCUT2D eigenvalue weighted by molar-refractivity contribution is -0.134. The van der Waals surface area contributed by atoms with Crippen molar-refractivity contribution in [3.63, 3.8) is 0 Å². The van der Waals surface area contributed by atoms with Crippen molar-refractivity contribution in [3.05, 3.63) is 0 Å². The number of amides is 2. The van der Waals surface area contributed by atoms with Crippen molar-refractivity contribution in [2.75, 3.05) is 12.3 Å². The first-order valence-electron chi connectivity index (χ1n) is 6.85. The fourth-order valence-corrected chi connectivity index (χ4v) is 4.22. The Morgan fingerprint density at radius 1 is 1.39 bits per heavy atom. The normalized spacial score (nSPS) is 33.4. The molecule has 3 unspecified atom stereocenters. The number of carbonyl (C=O) groups is 2. The van der Waals surface area contributed by atoms with Gasteiger partial charge in [0.05, 0.1) is 0 Å². The number of rotatable bonds is 3. The molecule has 2 fully saturated rings. The highest BCUT2D eigenvalue weighted by molar-refractivity contribution is 7.99. The van der Waals surface area contributed by atoms with E-state index in [2.05, 4.69) is 12.2 Å². The van der Waals surface area contributed by atoms with Crippen LogP contribution in [0.1, 0.15) is 39.5 Å². The molecule has 1 saturated heterocycles. The summed E-state index contributed by atoms with van der Waals surface area (Å²) in [7, 11) is 0. The third kappa shape index (κ3) is 2.82. The van der Waals surface area contributed by atoms with Gasteiger partial charge in [-0.3, -0.25) is 9.59 Å². The molecule has 2 rings (SSSR count). The Morgan fingerprint density at radius 2 is 2.17 bits per heavy atom. The van der Waals surface area contributed by atoms with Crippen LogP contribution in [0.3, 0.4) is 0 Å². The molecule has 1 aliphatic heterocycles. The van der Waals surface area contributed by atoms with Gasteiger partial charge < -0.3 is 10.2 Å². The van der Waals surface area contributed by atoms with Gasteiger partial charge in [0.25, 0.3) is 0 Å². The van der Waals surface area contributed by atoms with Crippen LogP contribution in [0.2, 0.25) is 0 Å². The van der Waals surface area contributed by atoms with Gasteiger partial charge in [-0.15, -0.1) is 0 Å². The first-order chi connectivity index (χ1) is 8.63. The minimum atomic E-state index is -0.368. The maximum atomic E-state index is 12.3. The highest BCUT2D eigenvalue weighted by Crippen LogP contribution is 2.34. The summed E-state index contributed by atoms with van der Waals surface area (Å²) in [6.45, 7) is 4.54. The highest BCUT2D eigenvalue weighted by atomic mass is 32.2. The van der Waals surface area contributed by atoms with Crippen LogP contribution in [0, 0.1) is 0 Å². The molecular formula is C13H22N2O2S. The van der Waals surface area contributed by atoms with E-state index < -0.39 is 0 Å². The van der Waals surface area contributed by atoms with Crippen LogP contribution in [0.5, 0.6) is 0 Å². The van der Waals surface area contributed by atoms with Crippen molar-refractivity contribution >= 4 is 23.6 Å². The summed E-state index contributed by atoms with van der Waals surface area (Å²) in [4.78, 5) is 25.8. The summed E-state index contributed by atoms with van der Waals surface area (Å²) >= 11 is 1.95. The zero-order valence-electron chi connectivity index (χ0n) is 11.1. The van der Waals surface area contributed by atoms with Crippen molar-refractivity contribution < 1.29 is 9.59 Å². The van der Waals surface area contributed by atoms with Gasteiger partial charge in [-0.1, -0.05) is 13.3 Å². The van der Waals surface area contributed by atoms with Crippen molar-refractivity contribution in [1.29, 1.82) is 0 Å². The van der Waals surface area contributed by atoms with Crippen molar-refractivity contribution in [2.24, 2.45) is 0 Å². The van der Waals surface area contributed by atoms with Crippen molar-refractivity contribution in [1.82, 2.24) is 10.2 Å². The average molecular weight is 270 g/mol. The second-order valence-electron chi connectivity index (χ2n) is 5.06. The van der Waals surface area contributed by atoms with E-state index in [9.17, 15) is 9.59 Å². The van der Waals surface area contributed by atoms with E-state index in [0.717, 1.165) is 12.2 Å². The lowest BCUT2D eigenvalue weighted by Gasteiger charge is -2.32. The molecule has 0 aromatic rings. The molecule has 1 heterocycles. The van der Waals surface area contributed by atoms with Gasteiger partial charge >= 0.3 is 0 Å².